The molecule has 1 aliphatic rings. The van der Waals surface area contributed by atoms with Gasteiger partial charge in [-0.25, -0.2) is 14.8 Å². The molecule has 0 atom stereocenters. The highest BCUT2D eigenvalue weighted by Crippen LogP contribution is 2.40. The van der Waals surface area contributed by atoms with Crippen molar-refractivity contribution >= 4 is 48.5 Å². The van der Waals surface area contributed by atoms with E-state index >= 15 is 0 Å². The van der Waals surface area contributed by atoms with Crippen LogP contribution < -0.4 is 10.4 Å². The number of aromatic nitrogens is 2. The van der Waals surface area contributed by atoms with Gasteiger partial charge in [-0.05, 0) is 43.0 Å². The van der Waals surface area contributed by atoms with Crippen LogP contribution in [0.2, 0.25) is 0 Å². The Morgan fingerprint density at radius 1 is 1.23 bits per heavy atom. The summed E-state index contributed by atoms with van der Waals surface area (Å²) in [6.07, 6.45) is 4.86. The SMILES string of the molecule is O=c1cc(COc2ncnc3sc4c(c23)CCC4)c2ccc(Br)cc2o1. The Hall–Kier alpha value is -2.25. The first-order chi connectivity index (χ1) is 12.7. The fourth-order valence-corrected chi connectivity index (χ4v) is 5.04. The molecule has 0 spiro atoms. The van der Waals surface area contributed by atoms with Crippen molar-refractivity contribution in [2.45, 2.75) is 25.9 Å². The molecule has 26 heavy (non-hydrogen) atoms. The lowest BCUT2D eigenvalue weighted by molar-refractivity contribution is 0.298. The third-order valence-electron chi connectivity index (χ3n) is 4.62. The van der Waals surface area contributed by atoms with Crippen molar-refractivity contribution in [2.24, 2.45) is 0 Å². The molecule has 0 unspecified atom stereocenters. The number of aryl methyl sites for hydroxylation is 2. The van der Waals surface area contributed by atoms with E-state index in [4.69, 9.17) is 9.15 Å². The highest BCUT2D eigenvalue weighted by Gasteiger charge is 2.22. The Morgan fingerprint density at radius 2 is 2.15 bits per heavy atom. The predicted molar refractivity (Wildman–Crippen MR) is 104 cm³/mol. The average molecular weight is 429 g/mol. The van der Waals surface area contributed by atoms with E-state index in [1.54, 1.807) is 17.4 Å². The second-order valence-electron chi connectivity index (χ2n) is 6.24. The van der Waals surface area contributed by atoms with E-state index in [9.17, 15) is 4.79 Å². The van der Waals surface area contributed by atoms with Crippen molar-refractivity contribution in [3.8, 4) is 5.88 Å². The van der Waals surface area contributed by atoms with E-state index in [1.165, 1.54) is 29.3 Å². The van der Waals surface area contributed by atoms with Gasteiger partial charge in [-0.15, -0.1) is 11.3 Å². The molecule has 0 N–H and O–H groups in total. The lowest BCUT2D eigenvalue weighted by atomic mass is 10.1. The molecule has 0 amide bonds. The number of hydrogen-bond donors (Lipinski definition) is 0. The van der Waals surface area contributed by atoms with E-state index < -0.39 is 5.63 Å². The third-order valence-corrected chi connectivity index (χ3v) is 6.32. The molecule has 1 aromatic carbocycles. The molecule has 130 valence electrons. The van der Waals surface area contributed by atoms with Crippen molar-refractivity contribution in [1.29, 1.82) is 0 Å². The fraction of sp³-hybridized carbons (Fsp3) is 0.211. The first-order valence-electron chi connectivity index (χ1n) is 8.29. The Morgan fingerprint density at radius 3 is 3.08 bits per heavy atom. The zero-order chi connectivity index (χ0) is 17.7. The quantitative estimate of drug-likeness (QED) is 0.445. The maximum Gasteiger partial charge on any atom is 0.336 e. The average Bonchev–Trinajstić information content (AvgIpc) is 3.20. The van der Waals surface area contributed by atoms with Crippen LogP contribution in [0.25, 0.3) is 21.2 Å². The second-order valence-corrected chi connectivity index (χ2v) is 8.24. The van der Waals surface area contributed by atoms with Crippen LogP contribution in [0.4, 0.5) is 0 Å². The van der Waals surface area contributed by atoms with Crippen molar-refractivity contribution in [1.82, 2.24) is 9.97 Å². The molecule has 0 bridgehead atoms. The number of rotatable bonds is 3. The first-order valence-corrected chi connectivity index (χ1v) is 9.90. The van der Waals surface area contributed by atoms with Crippen LogP contribution >= 0.6 is 27.3 Å². The van der Waals surface area contributed by atoms with Crippen molar-refractivity contribution < 1.29 is 9.15 Å². The Kier molecular flexibility index (Phi) is 3.79. The zero-order valence-electron chi connectivity index (χ0n) is 13.6. The van der Waals surface area contributed by atoms with Gasteiger partial charge in [-0.1, -0.05) is 15.9 Å². The van der Waals surface area contributed by atoms with Gasteiger partial charge in [0.1, 0.15) is 23.3 Å². The number of ether oxygens (including phenoxy) is 1. The summed E-state index contributed by atoms with van der Waals surface area (Å²) < 4.78 is 12.2. The van der Waals surface area contributed by atoms with Gasteiger partial charge in [0.05, 0.1) is 5.39 Å². The Balaban J connectivity index is 1.55. The molecule has 0 aliphatic heterocycles. The van der Waals surface area contributed by atoms with E-state index in [1.807, 2.05) is 12.1 Å². The van der Waals surface area contributed by atoms with Gasteiger partial charge in [-0.3, -0.25) is 0 Å². The number of hydrogen-bond acceptors (Lipinski definition) is 6. The van der Waals surface area contributed by atoms with Gasteiger partial charge in [-0.2, -0.15) is 0 Å². The summed E-state index contributed by atoms with van der Waals surface area (Å²) in [5.41, 5.74) is 2.25. The molecular weight excluding hydrogens is 416 g/mol. The number of halogens is 1. The van der Waals surface area contributed by atoms with Gasteiger partial charge in [0, 0.05) is 26.4 Å². The van der Waals surface area contributed by atoms with Crippen molar-refractivity contribution in [3.05, 3.63) is 61.5 Å². The summed E-state index contributed by atoms with van der Waals surface area (Å²) in [4.78, 5) is 23.0. The zero-order valence-corrected chi connectivity index (χ0v) is 16.0. The van der Waals surface area contributed by atoms with Crippen LogP contribution in [0.3, 0.4) is 0 Å². The van der Waals surface area contributed by atoms with Gasteiger partial charge in [0.15, 0.2) is 0 Å². The van der Waals surface area contributed by atoms with E-state index in [-0.39, 0.29) is 6.61 Å². The maximum atomic E-state index is 11.9. The van der Waals surface area contributed by atoms with Gasteiger partial charge < -0.3 is 9.15 Å². The molecule has 0 saturated heterocycles. The van der Waals surface area contributed by atoms with Crippen molar-refractivity contribution in [2.75, 3.05) is 0 Å². The standard InChI is InChI=1S/C19H13BrN2O3S/c20-11-4-5-12-10(6-16(23)25-14(12)7-11)8-24-18-17-13-2-1-3-15(13)26-19(17)22-9-21-18/h4-7,9H,1-3,8H2. The highest BCUT2D eigenvalue weighted by molar-refractivity contribution is 9.10. The second kappa shape index (κ2) is 6.17. The Labute approximate surface area is 160 Å². The monoisotopic (exact) mass is 428 g/mol. The van der Waals surface area contributed by atoms with Gasteiger partial charge >= 0.3 is 5.63 Å². The summed E-state index contributed by atoms with van der Waals surface area (Å²) in [5, 5.41) is 1.88. The molecule has 3 heterocycles. The molecule has 7 heteroatoms. The summed E-state index contributed by atoms with van der Waals surface area (Å²) in [6.45, 7) is 0.250. The lowest BCUT2D eigenvalue weighted by Gasteiger charge is -2.09. The van der Waals surface area contributed by atoms with Gasteiger partial charge in [0.2, 0.25) is 5.88 Å². The van der Waals surface area contributed by atoms with Crippen molar-refractivity contribution in [3.63, 3.8) is 0 Å². The minimum atomic E-state index is -0.390. The number of nitrogens with zero attached hydrogens (tertiary/aromatic N) is 2. The molecule has 5 nitrogen and oxygen atoms in total. The molecule has 3 aromatic heterocycles. The summed E-state index contributed by atoms with van der Waals surface area (Å²) in [6, 6.07) is 7.10. The van der Waals surface area contributed by atoms with Crippen LogP contribution in [0.15, 0.2) is 44.3 Å². The van der Waals surface area contributed by atoms with Crippen LogP contribution in [0.5, 0.6) is 5.88 Å². The lowest BCUT2D eigenvalue weighted by Crippen LogP contribution is -2.05. The first kappa shape index (κ1) is 16.0. The van der Waals surface area contributed by atoms with E-state index in [0.717, 1.165) is 38.5 Å². The predicted octanol–water partition coefficient (Wildman–Crippen LogP) is 4.63. The highest BCUT2D eigenvalue weighted by atomic mass is 79.9. The Bertz CT molecular complexity index is 1210. The molecule has 0 saturated carbocycles. The number of thiophene rings is 1. The fourth-order valence-electron chi connectivity index (χ4n) is 3.48. The third kappa shape index (κ3) is 2.62. The largest absolute Gasteiger partial charge is 0.472 e. The van der Waals surface area contributed by atoms with E-state index in [0.29, 0.717) is 11.5 Å². The molecule has 0 fully saturated rings. The summed E-state index contributed by atoms with van der Waals surface area (Å²) in [5.74, 6) is 0.591. The maximum absolute atomic E-state index is 11.9. The molecule has 1 aliphatic carbocycles. The normalized spacial score (nSPS) is 13.4. The van der Waals surface area contributed by atoms with Crippen LogP contribution in [0, 0.1) is 0 Å². The van der Waals surface area contributed by atoms with Crippen LogP contribution in [-0.4, -0.2) is 9.97 Å². The topological polar surface area (TPSA) is 65.2 Å². The molecule has 0 radical (unpaired) electrons. The molecule has 5 rings (SSSR count). The number of benzene rings is 1. The van der Waals surface area contributed by atoms with Crippen LogP contribution in [-0.2, 0) is 19.4 Å². The molecular formula is C19H13BrN2O3S. The van der Waals surface area contributed by atoms with Gasteiger partial charge in [0.25, 0.3) is 0 Å². The summed E-state index contributed by atoms with van der Waals surface area (Å²) >= 11 is 5.13. The molecule has 4 aromatic rings. The van der Waals surface area contributed by atoms with E-state index in [2.05, 4.69) is 25.9 Å². The summed E-state index contributed by atoms with van der Waals surface area (Å²) in [7, 11) is 0. The minimum Gasteiger partial charge on any atom is -0.472 e. The minimum absolute atomic E-state index is 0.250. The smallest absolute Gasteiger partial charge is 0.336 e. The van der Waals surface area contributed by atoms with Crippen LogP contribution in [0.1, 0.15) is 22.4 Å². The number of fused-ring (bicyclic) bond motifs is 4.